The second kappa shape index (κ2) is 11.9. The monoisotopic (exact) mass is 480 g/mol. The number of Topliss-reactive ketones (excluding diaryl/α,β-unsaturated/α-hetero) is 1. The molecule has 1 aliphatic rings. The predicted octanol–water partition coefficient (Wildman–Crippen LogP) is 4.49. The third kappa shape index (κ3) is 6.03. The van der Waals surface area contributed by atoms with E-state index in [4.69, 9.17) is 9.47 Å². The largest absolute Gasteiger partial charge is 0.507 e. The molecule has 1 fully saturated rings. The van der Waals surface area contributed by atoms with Crippen molar-refractivity contribution in [3.63, 3.8) is 0 Å². The number of aliphatic hydroxyl groups excluding tert-OH is 1. The Balaban J connectivity index is 2.08. The summed E-state index contributed by atoms with van der Waals surface area (Å²) in [7, 11) is 1.57. The summed E-state index contributed by atoms with van der Waals surface area (Å²) in [5.74, 6) is 0.0346. The van der Waals surface area contributed by atoms with E-state index in [1.54, 1.807) is 48.4 Å². The lowest BCUT2D eigenvalue weighted by atomic mass is 9.95. The van der Waals surface area contributed by atoms with Gasteiger partial charge in [0, 0.05) is 18.7 Å². The maximum atomic E-state index is 13.3. The summed E-state index contributed by atoms with van der Waals surface area (Å²) < 4.78 is 11.2. The molecule has 1 saturated heterocycles. The van der Waals surface area contributed by atoms with E-state index in [2.05, 4.69) is 32.6 Å². The van der Waals surface area contributed by atoms with Crippen molar-refractivity contribution in [3.8, 4) is 11.5 Å². The third-order valence-electron chi connectivity index (χ3n) is 6.19. The van der Waals surface area contributed by atoms with Gasteiger partial charge in [-0.3, -0.25) is 9.59 Å². The van der Waals surface area contributed by atoms with E-state index in [0.29, 0.717) is 48.2 Å². The number of ether oxygens (including phenoxy) is 2. The fourth-order valence-corrected chi connectivity index (χ4v) is 4.21. The summed E-state index contributed by atoms with van der Waals surface area (Å²) in [4.78, 5) is 30.2. The van der Waals surface area contributed by atoms with Crippen molar-refractivity contribution in [2.75, 3.05) is 39.9 Å². The number of likely N-dealkylation sites (N-methyl/N-ethyl adjacent to an activating group) is 1. The molecule has 7 nitrogen and oxygen atoms in total. The molecule has 0 saturated carbocycles. The van der Waals surface area contributed by atoms with E-state index in [-0.39, 0.29) is 11.3 Å². The van der Waals surface area contributed by atoms with Gasteiger partial charge in [-0.05, 0) is 48.8 Å². The van der Waals surface area contributed by atoms with Crippen LogP contribution in [-0.4, -0.2) is 66.5 Å². The van der Waals surface area contributed by atoms with Crippen LogP contribution in [0.3, 0.4) is 0 Å². The average molecular weight is 481 g/mol. The lowest BCUT2D eigenvalue weighted by molar-refractivity contribution is -0.140. The van der Waals surface area contributed by atoms with Gasteiger partial charge in [0.1, 0.15) is 17.3 Å². The van der Waals surface area contributed by atoms with Gasteiger partial charge in [0.25, 0.3) is 11.7 Å². The first-order valence-electron chi connectivity index (χ1n) is 12.2. The van der Waals surface area contributed by atoms with Crippen LogP contribution in [-0.2, 0) is 9.59 Å². The number of amides is 1. The Kier molecular flexibility index (Phi) is 8.93. The van der Waals surface area contributed by atoms with E-state index in [1.165, 1.54) is 0 Å². The summed E-state index contributed by atoms with van der Waals surface area (Å²) in [6.45, 7) is 11.4. The van der Waals surface area contributed by atoms with Gasteiger partial charge in [-0.2, -0.15) is 0 Å². The fraction of sp³-hybridized carbons (Fsp3) is 0.429. The van der Waals surface area contributed by atoms with Gasteiger partial charge in [-0.25, -0.2) is 0 Å². The average Bonchev–Trinajstić information content (AvgIpc) is 3.12. The number of carbonyl (C=O) groups excluding carboxylic acids is 2. The summed E-state index contributed by atoms with van der Waals surface area (Å²) >= 11 is 0. The van der Waals surface area contributed by atoms with Crippen LogP contribution in [0.15, 0.2) is 54.1 Å². The van der Waals surface area contributed by atoms with Gasteiger partial charge in [-0.1, -0.05) is 52.0 Å². The highest BCUT2D eigenvalue weighted by atomic mass is 16.5. The zero-order valence-electron chi connectivity index (χ0n) is 21.3. The van der Waals surface area contributed by atoms with Gasteiger partial charge < -0.3 is 24.4 Å². The standard InChI is InChI=1S/C28H36N2O5/c1-6-29(7-2)14-15-30-25(20-10-8-12-22(16-20)34-5)24(27(32)28(30)33)26(31)21-11-9-13-23(17-21)35-18-19(3)4/h8-13,16-17,19,25,31H,6-7,14-15,18H2,1-5H3/b26-24-. The Labute approximate surface area is 207 Å². The number of hydrogen-bond donors (Lipinski definition) is 1. The second-order valence-corrected chi connectivity index (χ2v) is 9.03. The molecule has 7 heteroatoms. The van der Waals surface area contributed by atoms with Gasteiger partial charge in [0.2, 0.25) is 0 Å². The molecule has 0 spiro atoms. The van der Waals surface area contributed by atoms with Crippen LogP contribution in [0.25, 0.3) is 5.76 Å². The maximum Gasteiger partial charge on any atom is 0.295 e. The molecule has 0 aromatic heterocycles. The number of rotatable bonds is 11. The third-order valence-corrected chi connectivity index (χ3v) is 6.19. The number of methoxy groups -OCH3 is 1. The minimum Gasteiger partial charge on any atom is -0.507 e. The van der Waals surface area contributed by atoms with Crippen LogP contribution < -0.4 is 9.47 Å². The molecule has 35 heavy (non-hydrogen) atoms. The minimum absolute atomic E-state index is 0.0730. The Hall–Kier alpha value is -3.32. The molecule has 1 atom stereocenters. The van der Waals surface area contributed by atoms with E-state index in [0.717, 1.165) is 13.1 Å². The Bertz CT molecular complexity index is 1070. The van der Waals surface area contributed by atoms with Crippen molar-refractivity contribution in [3.05, 3.63) is 65.2 Å². The van der Waals surface area contributed by atoms with E-state index >= 15 is 0 Å². The van der Waals surface area contributed by atoms with E-state index in [1.807, 2.05) is 12.1 Å². The molecule has 1 aliphatic heterocycles. The fourth-order valence-electron chi connectivity index (χ4n) is 4.21. The summed E-state index contributed by atoms with van der Waals surface area (Å²) in [6.07, 6.45) is 0. The SMILES string of the molecule is CCN(CC)CCN1C(=O)C(=O)/C(=C(\O)c2cccc(OCC(C)C)c2)C1c1cccc(OC)c1. The van der Waals surface area contributed by atoms with Crippen molar-refractivity contribution in [1.29, 1.82) is 0 Å². The van der Waals surface area contributed by atoms with Crippen molar-refractivity contribution in [2.45, 2.75) is 33.7 Å². The molecule has 0 bridgehead atoms. The Morgan fingerprint density at radius 3 is 2.40 bits per heavy atom. The van der Waals surface area contributed by atoms with Crippen LogP contribution in [0.2, 0.25) is 0 Å². The molecule has 2 aromatic rings. The molecule has 1 unspecified atom stereocenters. The minimum atomic E-state index is -0.721. The van der Waals surface area contributed by atoms with Crippen molar-refractivity contribution < 1.29 is 24.2 Å². The molecule has 1 heterocycles. The van der Waals surface area contributed by atoms with Crippen LogP contribution in [0.5, 0.6) is 11.5 Å². The molecule has 1 N–H and O–H groups in total. The van der Waals surface area contributed by atoms with Gasteiger partial charge in [0.05, 0.1) is 25.3 Å². The number of carbonyl (C=O) groups is 2. The lowest BCUT2D eigenvalue weighted by Crippen LogP contribution is -2.38. The number of ketones is 1. The smallest absolute Gasteiger partial charge is 0.295 e. The van der Waals surface area contributed by atoms with Crippen molar-refractivity contribution >= 4 is 17.4 Å². The molecule has 2 aromatic carbocycles. The highest BCUT2D eigenvalue weighted by molar-refractivity contribution is 6.46. The molecular formula is C28H36N2O5. The topological polar surface area (TPSA) is 79.3 Å². The van der Waals surface area contributed by atoms with E-state index < -0.39 is 17.7 Å². The molecule has 3 rings (SSSR count). The Morgan fingerprint density at radius 2 is 1.74 bits per heavy atom. The predicted molar refractivity (Wildman–Crippen MR) is 137 cm³/mol. The van der Waals surface area contributed by atoms with Crippen LogP contribution in [0.4, 0.5) is 0 Å². The highest BCUT2D eigenvalue weighted by Crippen LogP contribution is 2.40. The first-order chi connectivity index (χ1) is 16.8. The molecule has 188 valence electrons. The molecule has 0 radical (unpaired) electrons. The first kappa shape index (κ1) is 26.3. The summed E-state index contributed by atoms with van der Waals surface area (Å²) in [5, 5.41) is 11.3. The summed E-state index contributed by atoms with van der Waals surface area (Å²) in [6, 6.07) is 13.5. The first-order valence-corrected chi connectivity index (χ1v) is 12.2. The number of likely N-dealkylation sites (tertiary alicyclic amines) is 1. The van der Waals surface area contributed by atoms with E-state index in [9.17, 15) is 14.7 Å². The highest BCUT2D eigenvalue weighted by Gasteiger charge is 2.46. The lowest BCUT2D eigenvalue weighted by Gasteiger charge is -2.28. The number of benzene rings is 2. The molecular weight excluding hydrogens is 444 g/mol. The number of nitrogens with zero attached hydrogens (tertiary/aromatic N) is 2. The van der Waals surface area contributed by atoms with Crippen LogP contribution in [0, 0.1) is 5.92 Å². The van der Waals surface area contributed by atoms with Crippen LogP contribution >= 0.6 is 0 Å². The molecule has 0 aliphatic carbocycles. The normalized spacial score (nSPS) is 17.5. The van der Waals surface area contributed by atoms with Crippen LogP contribution in [0.1, 0.15) is 44.9 Å². The number of aliphatic hydroxyl groups is 1. The zero-order chi connectivity index (χ0) is 25.5. The van der Waals surface area contributed by atoms with Crippen molar-refractivity contribution in [1.82, 2.24) is 9.80 Å². The number of hydrogen-bond acceptors (Lipinski definition) is 6. The quantitative estimate of drug-likeness (QED) is 0.290. The van der Waals surface area contributed by atoms with Gasteiger partial charge in [0.15, 0.2) is 0 Å². The summed E-state index contributed by atoms with van der Waals surface area (Å²) in [5.41, 5.74) is 1.21. The van der Waals surface area contributed by atoms with Gasteiger partial charge in [-0.15, -0.1) is 0 Å². The van der Waals surface area contributed by atoms with Gasteiger partial charge >= 0.3 is 0 Å². The second-order valence-electron chi connectivity index (χ2n) is 9.03. The molecule has 1 amide bonds. The maximum absolute atomic E-state index is 13.3. The Morgan fingerprint density at radius 1 is 1.06 bits per heavy atom. The zero-order valence-corrected chi connectivity index (χ0v) is 21.3. The van der Waals surface area contributed by atoms with Crippen molar-refractivity contribution in [2.24, 2.45) is 5.92 Å².